The van der Waals surface area contributed by atoms with Crippen molar-refractivity contribution >= 4 is 58.0 Å². The molecular formula is C13H7Cl4NO2. The van der Waals surface area contributed by atoms with Crippen LogP contribution in [0.1, 0.15) is 10.4 Å². The number of benzene rings is 2. The first-order valence-corrected chi connectivity index (χ1v) is 6.84. The molecule has 0 aliphatic rings. The largest absolute Gasteiger partial charge is 0.505 e. The molecule has 0 heterocycles. The minimum absolute atomic E-state index is 0.00297. The molecule has 0 saturated heterocycles. The lowest BCUT2D eigenvalue weighted by atomic mass is 10.2. The first-order chi connectivity index (χ1) is 9.38. The van der Waals surface area contributed by atoms with Crippen molar-refractivity contribution in [1.29, 1.82) is 0 Å². The summed E-state index contributed by atoms with van der Waals surface area (Å²) in [5, 5.41) is 12.8. The SMILES string of the molecule is O=C(Nc1ccc(Cl)c(Cl)c1)c1cc(Cl)c(O)c(Cl)c1. The number of halogens is 4. The molecule has 0 saturated carbocycles. The highest BCUT2D eigenvalue weighted by atomic mass is 35.5. The van der Waals surface area contributed by atoms with Crippen molar-refractivity contribution in [3.8, 4) is 5.75 Å². The van der Waals surface area contributed by atoms with Gasteiger partial charge in [0.25, 0.3) is 5.91 Å². The fraction of sp³-hybridized carbons (Fsp3) is 0. The lowest BCUT2D eigenvalue weighted by Gasteiger charge is -2.08. The van der Waals surface area contributed by atoms with E-state index in [-0.39, 0.29) is 21.4 Å². The molecule has 0 fully saturated rings. The summed E-state index contributed by atoms with van der Waals surface area (Å²) in [4.78, 5) is 12.0. The molecule has 0 spiro atoms. The van der Waals surface area contributed by atoms with Gasteiger partial charge in [0.15, 0.2) is 5.75 Å². The van der Waals surface area contributed by atoms with E-state index in [1.807, 2.05) is 0 Å². The van der Waals surface area contributed by atoms with Gasteiger partial charge in [-0.1, -0.05) is 46.4 Å². The summed E-state index contributed by atoms with van der Waals surface area (Å²) in [7, 11) is 0. The van der Waals surface area contributed by atoms with Crippen LogP contribution in [0.25, 0.3) is 0 Å². The topological polar surface area (TPSA) is 49.3 Å². The van der Waals surface area contributed by atoms with Gasteiger partial charge in [0, 0.05) is 11.3 Å². The number of nitrogens with one attached hydrogen (secondary N) is 1. The highest BCUT2D eigenvalue weighted by Crippen LogP contribution is 2.33. The summed E-state index contributed by atoms with van der Waals surface area (Å²) in [5.41, 5.74) is 0.689. The van der Waals surface area contributed by atoms with Gasteiger partial charge in [-0.3, -0.25) is 4.79 Å². The van der Waals surface area contributed by atoms with E-state index in [2.05, 4.69) is 5.32 Å². The van der Waals surface area contributed by atoms with Crippen molar-refractivity contribution in [2.24, 2.45) is 0 Å². The lowest BCUT2D eigenvalue weighted by molar-refractivity contribution is 0.102. The number of anilines is 1. The second-order valence-corrected chi connectivity index (χ2v) is 5.50. The van der Waals surface area contributed by atoms with Crippen molar-refractivity contribution in [3.63, 3.8) is 0 Å². The maximum atomic E-state index is 12.0. The Balaban J connectivity index is 2.26. The minimum atomic E-state index is -0.438. The van der Waals surface area contributed by atoms with E-state index in [1.54, 1.807) is 12.1 Å². The summed E-state index contributed by atoms with van der Waals surface area (Å²) in [6.07, 6.45) is 0. The van der Waals surface area contributed by atoms with Gasteiger partial charge in [0.2, 0.25) is 0 Å². The summed E-state index contributed by atoms with van der Waals surface area (Å²) < 4.78 is 0. The number of rotatable bonds is 2. The van der Waals surface area contributed by atoms with E-state index in [0.717, 1.165) is 0 Å². The molecule has 3 nitrogen and oxygen atoms in total. The van der Waals surface area contributed by atoms with Crippen LogP contribution in [-0.4, -0.2) is 11.0 Å². The Bertz CT molecular complexity index is 665. The number of carbonyl (C=O) groups excluding carboxylic acids is 1. The van der Waals surface area contributed by atoms with Crippen molar-refractivity contribution in [1.82, 2.24) is 0 Å². The van der Waals surface area contributed by atoms with Crippen LogP contribution >= 0.6 is 46.4 Å². The second kappa shape index (κ2) is 6.10. The Morgan fingerprint density at radius 3 is 2.05 bits per heavy atom. The molecule has 2 aromatic carbocycles. The van der Waals surface area contributed by atoms with Gasteiger partial charge < -0.3 is 10.4 Å². The number of hydrogen-bond acceptors (Lipinski definition) is 2. The maximum Gasteiger partial charge on any atom is 0.255 e. The van der Waals surface area contributed by atoms with E-state index >= 15 is 0 Å². The maximum absolute atomic E-state index is 12.0. The highest BCUT2D eigenvalue weighted by Gasteiger charge is 2.13. The molecule has 0 bridgehead atoms. The van der Waals surface area contributed by atoms with Crippen LogP contribution in [0.15, 0.2) is 30.3 Å². The Labute approximate surface area is 135 Å². The molecule has 7 heteroatoms. The average molecular weight is 351 g/mol. The van der Waals surface area contributed by atoms with Crippen molar-refractivity contribution in [3.05, 3.63) is 56.0 Å². The Morgan fingerprint density at radius 1 is 0.900 bits per heavy atom. The first kappa shape index (κ1) is 15.3. The molecular weight excluding hydrogens is 344 g/mol. The van der Waals surface area contributed by atoms with Crippen LogP contribution in [-0.2, 0) is 0 Å². The zero-order valence-electron chi connectivity index (χ0n) is 9.75. The predicted octanol–water partition coefficient (Wildman–Crippen LogP) is 5.26. The number of carbonyl (C=O) groups is 1. The van der Waals surface area contributed by atoms with E-state index < -0.39 is 5.91 Å². The third kappa shape index (κ3) is 3.30. The molecule has 0 unspecified atom stereocenters. The molecule has 0 aliphatic carbocycles. The molecule has 104 valence electrons. The third-order valence-electron chi connectivity index (χ3n) is 2.46. The number of amides is 1. The molecule has 0 radical (unpaired) electrons. The molecule has 1 amide bonds. The average Bonchev–Trinajstić information content (AvgIpc) is 2.39. The first-order valence-electron chi connectivity index (χ1n) is 5.33. The molecule has 0 aliphatic heterocycles. The summed E-state index contributed by atoms with van der Waals surface area (Å²) in [6, 6.07) is 7.32. The number of phenols is 1. The van der Waals surface area contributed by atoms with Crippen LogP contribution in [0.5, 0.6) is 5.75 Å². The van der Waals surface area contributed by atoms with E-state index in [0.29, 0.717) is 15.7 Å². The standard InChI is InChI=1S/C13H7Cl4NO2/c14-8-2-1-7(5-9(8)15)18-13(20)6-3-10(16)12(19)11(17)4-6/h1-5,19H,(H,18,20). The monoisotopic (exact) mass is 349 g/mol. The van der Waals surface area contributed by atoms with Gasteiger partial charge in [0.1, 0.15) is 0 Å². The van der Waals surface area contributed by atoms with E-state index in [9.17, 15) is 9.90 Å². The van der Waals surface area contributed by atoms with Crippen LogP contribution in [0, 0.1) is 0 Å². The number of phenolic OH excluding ortho intramolecular Hbond substituents is 1. The molecule has 20 heavy (non-hydrogen) atoms. The van der Waals surface area contributed by atoms with E-state index in [4.69, 9.17) is 46.4 Å². The number of hydrogen-bond donors (Lipinski definition) is 2. The zero-order valence-corrected chi connectivity index (χ0v) is 12.8. The quantitative estimate of drug-likeness (QED) is 0.776. The highest BCUT2D eigenvalue weighted by molar-refractivity contribution is 6.42. The predicted molar refractivity (Wildman–Crippen MR) is 82.5 cm³/mol. The summed E-state index contributed by atoms with van der Waals surface area (Å²) in [5.74, 6) is -0.702. The van der Waals surface area contributed by atoms with Crippen LogP contribution < -0.4 is 5.32 Å². The van der Waals surface area contributed by atoms with Gasteiger partial charge in [-0.05, 0) is 30.3 Å². The van der Waals surface area contributed by atoms with Crippen molar-refractivity contribution in [2.45, 2.75) is 0 Å². The van der Waals surface area contributed by atoms with Gasteiger partial charge in [-0.2, -0.15) is 0 Å². The minimum Gasteiger partial charge on any atom is -0.505 e. The lowest BCUT2D eigenvalue weighted by Crippen LogP contribution is -2.11. The Morgan fingerprint density at radius 2 is 1.50 bits per heavy atom. The summed E-state index contributed by atoms with van der Waals surface area (Å²) >= 11 is 23.2. The Hall–Kier alpha value is -1.13. The molecule has 0 atom stereocenters. The Kier molecular flexibility index (Phi) is 4.66. The number of aromatic hydroxyl groups is 1. The van der Waals surface area contributed by atoms with Gasteiger partial charge in [0.05, 0.1) is 20.1 Å². The second-order valence-electron chi connectivity index (χ2n) is 3.87. The smallest absolute Gasteiger partial charge is 0.255 e. The molecule has 2 aromatic rings. The van der Waals surface area contributed by atoms with Crippen LogP contribution in [0.3, 0.4) is 0 Å². The van der Waals surface area contributed by atoms with Gasteiger partial charge in [-0.25, -0.2) is 0 Å². The fourth-order valence-corrected chi connectivity index (χ4v) is 2.26. The summed E-state index contributed by atoms with van der Waals surface area (Å²) in [6.45, 7) is 0. The zero-order chi connectivity index (χ0) is 14.9. The van der Waals surface area contributed by atoms with E-state index in [1.165, 1.54) is 18.2 Å². The molecule has 2 N–H and O–H groups in total. The van der Waals surface area contributed by atoms with Gasteiger partial charge in [-0.15, -0.1) is 0 Å². The fourth-order valence-electron chi connectivity index (χ4n) is 1.47. The van der Waals surface area contributed by atoms with Crippen LogP contribution in [0.4, 0.5) is 5.69 Å². The molecule has 2 rings (SSSR count). The van der Waals surface area contributed by atoms with Gasteiger partial charge >= 0.3 is 0 Å². The van der Waals surface area contributed by atoms with Crippen LogP contribution in [0.2, 0.25) is 20.1 Å². The normalized spacial score (nSPS) is 10.4. The van der Waals surface area contributed by atoms with Crippen molar-refractivity contribution in [2.75, 3.05) is 5.32 Å². The molecule has 0 aromatic heterocycles. The van der Waals surface area contributed by atoms with Crippen molar-refractivity contribution < 1.29 is 9.90 Å². The third-order valence-corrected chi connectivity index (χ3v) is 3.77.